The van der Waals surface area contributed by atoms with E-state index < -0.39 is 5.97 Å². The summed E-state index contributed by atoms with van der Waals surface area (Å²) in [5.74, 6) is 0.742. The summed E-state index contributed by atoms with van der Waals surface area (Å²) in [4.78, 5) is 24.5. The highest BCUT2D eigenvalue weighted by molar-refractivity contribution is 5.94. The number of hydrogen-bond acceptors (Lipinski definition) is 5. The van der Waals surface area contributed by atoms with Crippen LogP contribution in [-0.4, -0.2) is 32.1 Å². The fourth-order valence-electron chi connectivity index (χ4n) is 2.85. The van der Waals surface area contributed by atoms with Crippen molar-refractivity contribution in [2.75, 3.05) is 20.3 Å². The highest BCUT2D eigenvalue weighted by Crippen LogP contribution is 2.25. The summed E-state index contributed by atoms with van der Waals surface area (Å²) in [5.41, 5.74) is 1.24. The number of amides is 1. The quantitative estimate of drug-likeness (QED) is 0.545. The van der Waals surface area contributed by atoms with E-state index in [9.17, 15) is 9.59 Å². The first-order chi connectivity index (χ1) is 14.7. The maximum absolute atomic E-state index is 12.4. The minimum absolute atomic E-state index is 0.253. The molecule has 0 aliphatic rings. The molecule has 0 bridgehead atoms. The zero-order valence-corrected chi connectivity index (χ0v) is 16.7. The summed E-state index contributed by atoms with van der Waals surface area (Å²) in [6.45, 7) is 0.0366. The molecule has 3 rings (SSSR count). The van der Waals surface area contributed by atoms with Crippen LogP contribution in [-0.2, 0) is 16.0 Å². The predicted molar refractivity (Wildman–Crippen MR) is 113 cm³/mol. The van der Waals surface area contributed by atoms with Crippen LogP contribution in [0.4, 0.5) is 0 Å². The van der Waals surface area contributed by atoms with Gasteiger partial charge >= 0.3 is 5.97 Å². The van der Waals surface area contributed by atoms with Crippen molar-refractivity contribution in [1.82, 2.24) is 5.32 Å². The van der Waals surface area contributed by atoms with Crippen LogP contribution in [0.2, 0.25) is 0 Å². The highest BCUT2D eigenvalue weighted by Gasteiger charge is 2.16. The molecule has 0 spiro atoms. The zero-order valence-electron chi connectivity index (χ0n) is 16.7. The van der Waals surface area contributed by atoms with Crippen molar-refractivity contribution in [3.63, 3.8) is 0 Å². The Kier molecular flexibility index (Phi) is 7.44. The summed E-state index contributed by atoms with van der Waals surface area (Å²) >= 11 is 0. The highest BCUT2D eigenvalue weighted by atomic mass is 16.5. The summed E-state index contributed by atoms with van der Waals surface area (Å²) in [7, 11) is 1.61. The molecule has 3 aromatic rings. The standard InChI is InChI=1S/C24H23NO5/c1-28-21-13-7-5-9-18(21)15-16-25-23(26)17-29-24(27)20-12-6-8-14-22(20)30-19-10-3-2-4-11-19/h2-14H,15-17H2,1H3,(H,25,26). The van der Waals surface area contributed by atoms with Crippen molar-refractivity contribution in [3.8, 4) is 17.2 Å². The third-order valence-corrected chi connectivity index (χ3v) is 4.32. The molecule has 3 aromatic carbocycles. The molecule has 30 heavy (non-hydrogen) atoms. The lowest BCUT2D eigenvalue weighted by molar-refractivity contribution is -0.124. The third kappa shape index (κ3) is 5.85. The van der Waals surface area contributed by atoms with Crippen molar-refractivity contribution in [1.29, 1.82) is 0 Å². The Labute approximate surface area is 175 Å². The predicted octanol–water partition coefficient (Wildman–Crippen LogP) is 4.00. The minimum Gasteiger partial charge on any atom is -0.496 e. The van der Waals surface area contributed by atoms with Crippen LogP contribution in [0.5, 0.6) is 17.2 Å². The van der Waals surface area contributed by atoms with Crippen LogP contribution in [0.15, 0.2) is 78.9 Å². The Balaban J connectivity index is 1.50. The number of benzene rings is 3. The second-order valence-corrected chi connectivity index (χ2v) is 6.40. The normalized spacial score (nSPS) is 10.2. The minimum atomic E-state index is -0.624. The van der Waals surface area contributed by atoms with Crippen molar-refractivity contribution >= 4 is 11.9 Å². The van der Waals surface area contributed by atoms with E-state index in [-0.39, 0.29) is 18.1 Å². The van der Waals surface area contributed by atoms with Crippen LogP contribution in [0.1, 0.15) is 15.9 Å². The van der Waals surface area contributed by atoms with Crippen LogP contribution >= 0.6 is 0 Å². The number of hydrogen-bond donors (Lipinski definition) is 1. The molecule has 0 saturated heterocycles. The molecule has 0 aliphatic carbocycles. The lowest BCUT2D eigenvalue weighted by atomic mass is 10.1. The van der Waals surface area contributed by atoms with Gasteiger partial charge in [0.05, 0.1) is 7.11 Å². The molecular formula is C24H23NO5. The second kappa shape index (κ2) is 10.7. The molecule has 1 amide bonds. The van der Waals surface area contributed by atoms with Crippen molar-refractivity contribution in [3.05, 3.63) is 90.0 Å². The Hall–Kier alpha value is -3.80. The van der Waals surface area contributed by atoms with Gasteiger partial charge in [-0.25, -0.2) is 4.79 Å². The van der Waals surface area contributed by atoms with Crippen molar-refractivity contribution in [2.24, 2.45) is 0 Å². The van der Waals surface area contributed by atoms with E-state index in [0.29, 0.717) is 24.5 Å². The number of carbonyl (C=O) groups is 2. The van der Waals surface area contributed by atoms with Gasteiger partial charge in [0.2, 0.25) is 0 Å². The molecule has 0 radical (unpaired) electrons. The van der Waals surface area contributed by atoms with Gasteiger partial charge in [-0.3, -0.25) is 4.79 Å². The van der Waals surface area contributed by atoms with Crippen LogP contribution in [0.3, 0.4) is 0 Å². The SMILES string of the molecule is COc1ccccc1CCNC(=O)COC(=O)c1ccccc1Oc1ccccc1. The summed E-state index contributed by atoms with van der Waals surface area (Å²) in [6.07, 6.45) is 0.609. The van der Waals surface area contributed by atoms with Gasteiger partial charge in [0.1, 0.15) is 22.8 Å². The fraction of sp³-hybridized carbons (Fsp3) is 0.167. The molecule has 6 nitrogen and oxygen atoms in total. The lowest BCUT2D eigenvalue weighted by Crippen LogP contribution is -2.30. The van der Waals surface area contributed by atoms with Gasteiger partial charge in [-0.2, -0.15) is 0 Å². The summed E-state index contributed by atoms with van der Waals surface area (Å²) in [5, 5.41) is 2.74. The molecule has 6 heteroatoms. The number of rotatable bonds is 9. The van der Waals surface area contributed by atoms with Gasteiger partial charge in [-0.05, 0) is 42.3 Å². The van der Waals surface area contributed by atoms with Gasteiger partial charge in [-0.15, -0.1) is 0 Å². The fourth-order valence-corrected chi connectivity index (χ4v) is 2.85. The Morgan fingerprint density at radius 1 is 0.833 bits per heavy atom. The molecule has 0 aromatic heterocycles. The lowest BCUT2D eigenvalue weighted by Gasteiger charge is -2.11. The molecule has 0 atom stereocenters. The first-order valence-corrected chi connectivity index (χ1v) is 9.55. The molecule has 0 fully saturated rings. The molecule has 0 unspecified atom stereocenters. The molecule has 0 saturated carbocycles. The topological polar surface area (TPSA) is 73.9 Å². The van der Waals surface area contributed by atoms with Crippen LogP contribution < -0.4 is 14.8 Å². The largest absolute Gasteiger partial charge is 0.496 e. The van der Waals surface area contributed by atoms with Crippen molar-refractivity contribution < 1.29 is 23.8 Å². The average molecular weight is 405 g/mol. The van der Waals surface area contributed by atoms with E-state index >= 15 is 0 Å². The molecule has 0 heterocycles. The monoisotopic (exact) mass is 405 g/mol. The van der Waals surface area contributed by atoms with Crippen molar-refractivity contribution in [2.45, 2.75) is 6.42 Å². The van der Waals surface area contributed by atoms with Crippen LogP contribution in [0, 0.1) is 0 Å². The molecule has 0 aliphatic heterocycles. The molecule has 154 valence electrons. The van der Waals surface area contributed by atoms with E-state index in [1.165, 1.54) is 0 Å². The smallest absolute Gasteiger partial charge is 0.342 e. The Morgan fingerprint density at radius 2 is 1.50 bits per heavy atom. The summed E-state index contributed by atoms with van der Waals surface area (Å²) < 4.78 is 16.2. The van der Waals surface area contributed by atoms with E-state index in [1.807, 2.05) is 42.5 Å². The van der Waals surface area contributed by atoms with E-state index in [0.717, 1.165) is 11.3 Å². The van der Waals surface area contributed by atoms with E-state index in [1.54, 1.807) is 43.5 Å². The first-order valence-electron chi connectivity index (χ1n) is 9.55. The van der Waals surface area contributed by atoms with Crippen LogP contribution in [0.25, 0.3) is 0 Å². The number of esters is 1. The maximum Gasteiger partial charge on any atom is 0.342 e. The van der Waals surface area contributed by atoms with Gasteiger partial charge in [-0.1, -0.05) is 48.5 Å². The third-order valence-electron chi connectivity index (χ3n) is 4.32. The summed E-state index contributed by atoms with van der Waals surface area (Å²) in [6, 6.07) is 23.5. The average Bonchev–Trinajstić information content (AvgIpc) is 2.79. The molecular weight excluding hydrogens is 382 g/mol. The van der Waals surface area contributed by atoms with Gasteiger partial charge in [0.25, 0.3) is 5.91 Å². The second-order valence-electron chi connectivity index (χ2n) is 6.40. The Bertz CT molecular complexity index is 988. The number of ether oxygens (including phenoxy) is 3. The number of carbonyl (C=O) groups excluding carboxylic acids is 2. The van der Waals surface area contributed by atoms with Gasteiger partial charge in [0, 0.05) is 6.54 Å². The van der Waals surface area contributed by atoms with E-state index in [4.69, 9.17) is 14.2 Å². The number of para-hydroxylation sites is 3. The number of nitrogens with one attached hydrogen (secondary N) is 1. The Morgan fingerprint density at radius 3 is 2.27 bits per heavy atom. The zero-order chi connectivity index (χ0) is 21.2. The molecule has 1 N–H and O–H groups in total. The van der Waals surface area contributed by atoms with Gasteiger partial charge < -0.3 is 19.5 Å². The maximum atomic E-state index is 12.4. The van der Waals surface area contributed by atoms with Gasteiger partial charge in [0.15, 0.2) is 6.61 Å². The number of methoxy groups -OCH3 is 1. The van der Waals surface area contributed by atoms with E-state index in [2.05, 4.69) is 5.32 Å². The first kappa shape index (κ1) is 20.9.